The van der Waals surface area contributed by atoms with Crippen LogP contribution in [-0.4, -0.2) is 54.7 Å². The van der Waals surface area contributed by atoms with Crippen molar-refractivity contribution < 1.29 is 26.7 Å². The van der Waals surface area contributed by atoms with Crippen LogP contribution in [0.5, 0.6) is 0 Å². The molecule has 2 fully saturated rings. The molecular weight excluding hydrogens is 418 g/mol. The van der Waals surface area contributed by atoms with Gasteiger partial charge in [0.15, 0.2) is 0 Å². The summed E-state index contributed by atoms with van der Waals surface area (Å²) >= 11 is 0. The number of hydrogen-bond donors (Lipinski definition) is 1. The van der Waals surface area contributed by atoms with Crippen LogP contribution >= 0.6 is 0 Å². The fourth-order valence-corrected chi connectivity index (χ4v) is 4.72. The highest BCUT2D eigenvalue weighted by atomic mass is 32.2. The van der Waals surface area contributed by atoms with Gasteiger partial charge in [0, 0.05) is 24.7 Å². The molecule has 1 aliphatic heterocycles. The second-order valence-electron chi connectivity index (χ2n) is 7.32. The Bertz CT molecular complexity index is 1010. The third-order valence-corrected chi connectivity index (χ3v) is 7.00. The monoisotopic (exact) mass is 440 g/mol. The first-order valence-electron chi connectivity index (χ1n) is 9.68. The molecule has 11 heteroatoms. The van der Waals surface area contributed by atoms with Gasteiger partial charge in [-0.1, -0.05) is 0 Å². The maximum absolute atomic E-state index is 13.3. The summed E-state index contributed by atoms with van der Waals surface area (Å²) in [6, 6.07) is 7.12. The lowest BCUT2D eigenvalue weighted by Crippen LogP contribution is -2.40. The Morgan fingerprint density at radius 2 is 1.87 bits per heavy atom. The molecule has 0 unspecified atom stereocenters. The largest absolute Gasteiger partial charge is 0.379 e. The van der Waals surface area contributed by atoms with E-state index in [9.17, 15) is 22.0 Å². The molecular formula is C19H22F2N4O4S. The second-order valence-corrected chi connectivity index (χ2v) is 9.25. The molecule has 162 valence electrons. The number of hydrogen-bond acceptors (Lipinski definition) is 5. The Labute approximate surface area is 172 Å². The van der Waals surface area contributed by atoms with Gasteiger partial charge in [-0.25, -0.2) is 17.2 Å². The molecule has 2 aromatic rings. The van der Waals surface area contributed by atoms with Crippen LogP contribution in [0.4, 0.5) is 14.5 Å². The topological polar surface area (TPSA) is 93.5 Å². The van der Waals surface area contributed by atoms with Gasteiger partial charge in [-0.15, -0.1) is 0 Å². The maximum atomic E-state index is 13.3. The lowest BCUT2D eigenvalue weighted by molar-refractivity contribution is -0.117. The van der Waals surface area contributed by atoms with Crippen LogP contribution in [0.1, 0.15) is 36.6 Å². The van der Waals surface area contributed by atoms with Gasteiger partial charge in [-0.2, -0.15) is 9.40 Å². The summed E-state index contributed by atoms with van der Waals surface area (Å²) in [7, 11) is -3.63. The van der Waals surface area contributed by atoms with E-state index in [1.54, 1.807) is 0 Å². The molecule has 1 aromatic carbocycles. The normalized spacial score (nSPS) is 18.0. The number of nitrogens with one attached hydrogen (secondary N) is 1. The van der Waals surface area contributed by atoms with E-state index in [1.807, 2.05) is 0 Å². The van der Waals surface area contributed by atoms with Crippen molar-refractivity contribution in [3.63, 3.8) is 0 Å². The number of anilines is 1. The first kappa shape index (κ1) is 20.9. The molecule has 0 atom stereocenters. The first-order valence-corrected chi connectivity index (χ1v) is 11.1. The Morgan fingerprint density at radius 1 is 1.20 bits per heavy atom. The lowest BCUT2D eigenvalue weighted by Gasteiger charge is -2.26. The molecule has 1 saturated carbocycles. The van der Waals surface area contributed by atoms with E-state index < -0.39 is 22.4 Å². The zero-order valence-corrected chi connectivity index (χ0v) is 16.9. The highest BCUT2D eigenvalue weighted by molar-refractivity contribution is 7.89. The van der Waals surface area contributed by atoms with Crippen molar-refractivity contribution in [2.75, 3.05) is 31.6 Å². The standard InChI is InChI=1S/C19H22F2N4O4S/c20-19(21)17-11-16(13-1-2-13)23-25(17)12-18(26)22-14-3-5-15(6-4-14)30(27,28)24-7-9-29-10-8-24/h3-6,11,13,19H,1-2,7-10,12H2,(H,22,26). The highest BCUT2D eigenvalue weighted by Crippen LogP contribution is 2.40. The predicted octanol–water partition coefficient (Wildman–Crippen LogP) is 2.36. The van der Waals surface area contributed by atoms with Gasteiger partial charge < -0.3 is 10.1 Å². The van der Waals surface area contributed by atoms with Crippen LogP contribution in [0.25, 0.3) is 0 Å². The Kier molecular flexibility index (Phi) is 5.85. The minimum absolute atomic E-state index is 0.114. The molecule has 8 nitrogen and oxygen atoms in total. The minimum Gasteiger partial charge on any atom is -0.379 e. The van der Waals surface area contributed by atoms with Crippen LogP contribution in [0.15, 0.2) is 35.2 Å². The fourth-order valence-electron chi connectivity index (χ4n) is 3.32. The zero-order chi connectivity index (χ0) is 21.3. The summed E-state index contributed by atoms with van der Waals surface area (Å²) in [5, 5.41) is 6.75. The van der Waals surface area contributed by atoms with Crippen molar-refractivity contribution in [3.05, 3.63) is 41.7 Å². The summed E-state index contributed by atoms with van der Waals surface area (Å²) < 4.78 is 59.3. The average molecular weight is 440 g/mol. The summed E-state index contributed by atoms with van der Waals surface area (Å²) in [5.74, 6) is -0.320. The van der Waals surface area contributed by atoms with E-state index >= 15 is 0 Å². The molecule has 1 aromatic heterocycles. The molecule has 2 aliphatic rings. The first-order chi connectivity index (χ1) is 14.3. The molecule has 0 radical (unpaired) electrons. The molecule has 1 saturated heterocycles. The molecule has 2 heterocycles. The minimum atomic E-state index is -3.63. The smallest absolute Gasteiger partial charge is 0.280 e. The Balaban J connectivity index is 1.42. The van der Waals surface area contributed by atoms with Crippen LogP contribution in [0, 0.1) is 0 Å². The third-order valence-electron chi connectivity index (χ3n) is 5.09. The van der Waals surface area contributed by atoms with Crippen LogP contribution < -0.4 is 5.32 Å². The Hall–Kier alpha value is -2.37. The van der Waals surface area contributed by atoms with E-state index in [-0.39, 0.29) is 23.1 Å². The van der Waals surface area contributed by atoms with Crippen molar-refractivity contribution in [1.29, 1.82) is 0 Å². The number of amides is 1. The van der Waals surface area contributed by atoms with Gasteiger partial charge in [0.1, 0.15) is 12.2 Å². The van der Waals surface area contributed by atoms with Crippen molar-refractivity contribution in [2.45, 2.75) is 36.6 Å². The number of benzene rings is 1. The number of alkyl halides is 2. The zero-order valence-electron chi connectivity index (χ0n) is 16.1. The number of carbonyl (C=O) groups is 1. The number of morpholine rings is 1. The van der Waals surface area contributed by atoms with Gasteiger partial charge in [-0.3, -0.25) is 9.48 Å². The van der Waals surface area contributed by atoms with E-state index in [0.29, 0.717) is 37.7 Å². The van der Waals surface area contributed by atoms with E-state index in [0.717, 1.165) is 17.5 Å². The van der Waals surface area contributed by atoms with Crippen molar-refractivity contribution in [2.24, 2.45) is 0 Å². The number of halogens is 2. The molecule has 0 spiro atoms. The molecule has 1 N–H and O–H groups in total. The number of sulfonamides is 1. The van der Waals surface area contributed by atoms with Crippen molar-refractivity contribution >= 4 is 21.6 Å². The van der Waals surface area contributed by atoms with Crippen molar-refractivity contribution in [3.8, 4) is 0 Å². The highest BCUT2D eigenvalue weighted by Gasteiger charge is 2.29. The Morgan fingerprint density at radius 3 is 2.47 bits per heavy atom. The van der Waals surface area contributed by atoms with Crippen LogP contribution in [-0.2, 0) is 26.1 Å². The SMILES string of the molecule is O=C(Cn1nc(C2CC2)cc1C(F)F)Nc1ccc(S(=O)(=O)N2CCOCC2)cc1. The molecule has 4 rings (SSSR count). The molecule has 0 bridgehead atoms. The number of nitrogens with zero attached hydrogens (tertiary/aromatic N) is 3. The van der Waals surface area contributed by atoms with Crippen molar-refractivity contribution in [1.82, 2.24) is 14.1 Å². The average Bonchev–Trinajstić information content (AvgIpc) is 3.49. The van der Waals surface area contributed by atoms with E-state index in [2.05, 4.69) is 10.4 Å². The van der Waals surface area contributed by atoms with Gasteiger partial charge in [0.25, 0.3) is 6.43 Å². The lowest BCUT2D eigenvalue weighted by atomic mass is 10.3. The van der Waals surface area contributed by atoms with Crippen LogP contribution in [0.3, 0.4) is 0 Å². The summed E-state index contributed by atoms with van der Waals surface area (Å²) in [4.78, 5) is 12.4. The van der Waals surface area contributed by atoms with Gasteiger partial charge in [-0.05, 0) is 43.2 Å². The fraction of sp³-hybridized carbons (Fsp3) is 0.474. The molecule has 1 amide bonds. The molecule has 30 heavy (non-hydrogen) atoms. The van der Waals surface area contributed by atoms with Gasteiger partial charge in [0.05, 0.1) is 23.8 Å². The number of rotatable bonds is 7. The summed E-state index contributed by atoms with van der Waals surface area (Å²) in [6.45, 7) is 0.938. The van der Waals surface area contributed by atoms with Gasteiger partial charge in [0.2, 0.25) is 15.9 Å². The van der Waals surface area contributed by atoms with E-state index in [4.69, 9.17) is 4.74 Å². The maximum Gasteiger partial charge on any atom is 0.280 e. The van der Waals surface area contributed by atoms with Gasteiger partial charge >= 0.3 is 0 Å². The molecule has 1 aliphatic carbocycles. The van der Waals surface area contributed by atoms with Crippen LogP contribution in [0.2, 0.25) is 0 Å². The quantitative estimate of drug-likeness (QED) is 0.714. The summed E-state index contributed by atoms with van der Waals surface area (Å²) in [6.07, 6.45) is -0.875. The third kappa shape index (κ3) is 4.52. The number of carbonyl (C=O) groups excluding carboxylic acids is 1. The second kappa shape index (κ2) is 8.40. The number of aromatic nitrogens is 2. The predicted molar refractivity (Wildman–Crippen MR) is 104 cm³/mol. The number of ether oxygens (including phenoxy) is 1. The van der Waals surface area contributed by atoms with E-state index in [1.165, 1.54) is 34.6 Å². The summed E-state index contributed by atoms with van der Waals surface area (Å²) in [5.41, 5.74) is 0.684.